The van der Waals surface area contributed by atoms with Gasteiger partial charge in [0.1, 0.15) is 19.3 Å². The molecule has 17 nitrogen and oxygen atoms in total. The van der Waals surface area contributed by atoms with E-state index in [0.29, 0.717) is 25.7 Å². The molecule has 0 amide bonds. The highest BCUT2D eigenvalue weighted by Crippen LogP contribution is 2.45. The molecule has 0 aromatic heterocycles. The highest BCUT2D eigenvalue weighted by atomic mass is 31.2. The van der Waals surface area contributed by atoms with Gasteiger partial charge in [0.15, 0.2) is 12.2 Å². The zero-order valence-corrected chi connectivity index (χ0v) is 65.3. The number of carbonyl (C=O) groups is 4. The Balaban J connectivity index is 5.23. The topological polar surface area (TPSA) is 237 Å². The van der Waals surface area contributed by atoms with Gasteiger partial charge in [-0.2, -0.15) is 0 Å². The monoisotopic (exact) mass is 1420 g/mol. The zero-order valence-electron chi connectivity index (χ0n) is 63.5. The van der Waals surface area contributed by atoms with Crippen LogP contribution in [0.1, 0.15) is 402 Å². The van der Waals surface area contributed by atoms with Gasteiger partial charge in [-0.3, -0.25) is 37.3 Å². The molecule has 0 spiro atoms. The number of aliphatic hydroxyl groups is 1. The third kappa shape index (κ3) is 70.9. The maximum absolute atomic E-state index is 13.1. The summed E-state index contributed by atoms with van der Waals surface area (Å²) in [6, 6.07) is 0. The number of unbranched alkanes of at least 4 members (excludes halogenated alkanes) is 43. The maximum Gasteiger partial charge on any atom is 0.472 e. The summed E-state index contributed by atoms with van der Waals surface area (Å²) < 4.78 is 68.6. The molecule has 0 bridgehead atoms. The molecule has 576 valence electrons. The standard InChI is InChI=1S/C78H152O17P2/c1-8-10-11-12-13-14-25-33-38-47-54-61-77(82)95-74(66-89-76(81)60-53-46-41-40-44-51-58-71(7)9-2)68-93-97(86,87)91-64-72(79)63-90-96(84,85)92-67-73(65-88-75(80)59-52-45-37-32-28-23-20-19-22-27-31-36-43-50-57-70(5)6)94-78(83)62-55-48-39-34-29-24-18-16-15-17-21-26-30-35-42-49-56-69(3)4/h69-74,79H,8-68H2,1-7H3,(H,84,85)(H,86,87)/t71?,72-,73-,74-/m1/s1. The molecule has 0 aromatic rings. The number of phosphoric acid groups is 2. The molecule has 6 atom stereocenters. The van der Waals surface area contributed by atoms with Crippen LogP contribution in [0.4, 0.5) is 0 Å². The molecule has 0 aliphatic heterocycles. The molecule has 0 radical (unpaired) electrons. The van der Waals surface area contributed by atoms with Crippen LogP contribution in [0.2, 0.25) is 0 Å². The van der Waals surface area contributed by atoms with Gasteiger partial charge in [-0.15, -0.1) is 0 Å². The number of carbonyl (C=O) groups excluding carboxylic acids is 4. The molecule has 3 N–H and O–H groups in total. The SMILES string of the molecule is CCCCCCCCCCCCCC(=O)O[C@H](COC(=O)CCCCCCCCC(C)CC)COP(=O)(O)OC[C@H](O)COP(=O)(O)OC[C@@H](COC(=O)CCCCCCCCCCCCCCCCC(C)C)OC(=O)CCCCCCCCCCCCCCCCCCC(C)C. The summed E-state index contributed by atoms with van der Waals surface area (Å²) in [6.07, 6.45) is 55.5. The van der Waals surface area contributed by atoms with Gasteiger partial charge in [0.25, 0.3) is 0 Å². The van der Waals surface area contributed by atoms with E-state index in [1.165, 1.54) is 205 Å². The fourth-order valence-corrected chi connectivity index (χ4v) is 13.5. The Morgan fingerprint density at radius 1 is 0.299 bits per heavy atom. The second kappa shape index (κ2) is 68.5. The quantitative estimate of drug-likeness (QED) is 0.0222. The van der Waals surface area contributed by atoms with Crippen molar-refractivity contribution in [2.24, 2.45) is 17.8 Å². The molecular weight excluding hydrogens is 1270 g/mol. The van der Waals surface area contributed by atoms with Crippen LogP contribution < -0.4 is 0 Å². The van der Waals surface area contributed by atoms with E-state index >= 15 is 0 Å². The van der Waals surface area contributed by atoms with E-state index in [1.54, 1.807) is 0 Å². The Morgan fingerprint density at radius 3 is 0.784 bits per heavy atom. The minimum atomic E-state index is -4.96. The number of hydrogen-bond donors (Lipinski definition) is 3. The first-order chi connectivity index (χ1) is 46.8. The second-order valence-electron chi connectivity index (χ2n) is 29.3. The van der Waals surface area contributed by atoms with Crippen LogP contribution in [0, 0.1) is 17.8 Å². The van der Waals surface area contributed by atoms with E-state index in [-0.39, 0.29) is 25.7 Å². The van der Waals surface area contributed by atoms with E-state index in [9.17, 15) is 43.2 Å². The van der Waals surface area contributed by atoms with Crippen molar-refractivity contribution in [2.75, 3.05) is 39.6 Å². The van der Waals surface area contributed by atoms with E-state index in [4.69, 9.17) is 37.0 Å². The zero-order chi connectivity index (χ0) is 71.6. The minimum Gasteiger partial charge on any atom is -0.462 e. The van der Waals surface area contributed by atoms with Crippen LogP contribution in [0.5, 0.6) is 0 Å². The van der Waals surface area contributed by atoms with Gasteiger partial charge in [0, 0.05) is 25.7 Å². The van der Waals surface area contributed by atoms with Crippen molar-refractivity contribution in [2.45, 2.75) is 420 Å². The molecular formula is C78H152O17P2. The lowest BCUT2D eigenvalue weighted by atomic mass is 10.00. The van der Waals surface area contributed by atoms with Crippen LogP contribution in [0.3, 0.4) is 0 Å². The normalized spacial score (nSPS) is 14.3. The smallest absolute Gasteiger partial charge is 0.462 e. The molecule has 0 saturated carbocycles. The fraction of sp³-hybridized carbons (Fsp3) is 0.949. The van der Waals surface area contributed by atoms with Crippen LogP contribution in [0.15, 0.2) is 0 Å². The number of esters is 4. The van der Waals surface area contributed by atoms with E-state index in [0.717, 1.165) is 114 Å². The van der Waals surface area contributed by atoms with Gasteiger partial charge in [-0.25, -0.2) is 9.13 Å². The van der Waals surface area contributed by atoms with E-state index in [1.807, 2.05) is 0 Å². The van der Waals surface area contributed by atoms with Gasteiger partial charge in [0.2, 0.25) is 0 Å². The summed E-state index contributed by atoms with van der Waals surface area (Å²) >= 11 is 0. The summed E-state index contributed by atoms with van der Waals surface area (Å²) in [4.78, 5) is 72.9. The van der Waals surface area contributed by atoms with Crippen molar-refractivity contribution >= 4 is 39.5 Å². The lowest BCUT2D eigenvalue weighted by molar-refractivity contribution is -0.161. The summed E-state index contributed by atoms with van der Waals surface area (Å²) in [5.41, 5.74) is 0. The van der Waals surface area contributed by atoms with Crippen molar-refractivity contribution in [3.8, 4) is 0 Å². The predicted octanol–water partition coefficient (Wildman–Crippen LogP) is 23.0. The molecule has 0 rings (SSSR count). The van der Waals surface area contributed by atoms with Crippen LogP contribution >= 0.6 is 15.6 Å². The van der Waals surface area contributed by atoms with Crippen molar-refractivity contribution < 1.29 is 80.2 Å². The van der Waals surface area contributed by atoms with Crippen LogP contribution in [-0.2, 0) is 65.4 Å². The summed E-state index contributed by atoms with van der Waals surface area (Å²) in [7, 11) is -9.91. The fourth-order valence-electron chi connectivity index (χ4n) is 11.9. The number of hydrogen-bond acceptors (Lipinski definition) is 15. The number of phosphoric ester groups is 2. The highest BCUT2D eigenvalue weighted by Gasteiger charge is 2.30. The summed E-state index contributed by atoms with van der Waals surface area (Å²) in [5, 5.41) is 10.6. The number of rotatable bonds is 76. The maximum atomic E-state index is 13.1. The predicted molar refractivity (Wildman–Crippen MR) is 395 cm³/mol. The van der Waals surface area contributed by atoms with Gasteiger partial charge >= 0.3 is 39.5 Å². The molecule has 0 aliphatic carbocycles. The van der Waals surface area contributed by atoms with Gasteiger partial charge in [-0.1, -0.05) is 350 Å². The van der Waals surface area contributed by atoms with Gasteiger partial charge in [0.05, 0.1) is 26.4 Å². The molecule has 19 heteroatoms. The Morgan fingerprint density at radius 2 is 0.526 bits per heavy atom. The summed E-state index contributed by atoms with van der Waals surface area (Å²) in [6.45, 7) is 11.9. The number of ether oxygens (including phenoxy) is 4. The first kappa shape index (κ1) is 95.1. The Labute approximate surface area is 594 Å². The molecule has 97 heavy (non-hydrogen) atoms. The molecule has 3 unspecified atom stereocenters. The minimum absolute atomic E-state index is 0.106. The summed E-state index contributed by atoms with van der Waals surface area (Å²) in [5.74, 6) is 0.224. The van der Waals surface area contributed by atoms with Crippen molar-refractivity contribution in [1.29, 1.82) is 0 Å². The molecule has 0 aliphatic rings. The molecule has 0 aromatic carbocycles. The average molecular weight is 1420 g/mol. The van der Waals surface area contributed by atoms with Crippen LogP contribution in [-0.4, -0.2) is 96.7 Å². The highest BCUT2D eigenvalue weighted by molar-refractivity contribution is 7.47. The van der Waals surface area contributed by atoms with Crippen LogP contribution in [0.25, 0.3) is 0 Å². The first-order valence-corrected chi connectivity index (χ1v) is 43.4. The Kier molecular flexibility index (Phi) is 67.1. The van der Waals surface area contributed by atoms with Crippen molar-refractivity contribution in [1.82, 2.24) is 0 Å². The third-order valence-electron chi connectivity index (χ3n) is 18.5. The second-order valence-corrected chi connectivity index (χ2v) is 32.2. The van der Waals surface area contributed by atoms with Gasteiger partial charge in [-0.05, 0) is 43.4 Å². The first-order valence-electron chi connectivity index (χ1n) is 40.4. The van der Waals surface area contributed by atoms with Crippen molar-refractivity contribution in [3.05, 3.63) is 0 Å². The largest absolute Gasteiger partial charge is 0.472 e. The third-order valence-corrected chi connectivity index (χ3v) is 20.4. The van der Waals surface area contributed by atoms with E-state index < -0.39 is 97.5 Å². The molecule has 0 heterocycles. The van der Waals surface area contributed by atoms with Gasteiger partial charge < -0.3 is 33.8 Å². The average Bonchev–Trinajstić information content (AvgIpc) is 1.08. The lowest BCUT2D eigenvalue weighted by Gasteiger charge is -2.21. The lowest BCUT2D eigenvalue weighted by Crippen LogP contribution is -2.30. The van der Waals surface area contributed by atoms with Crippen molar-refractivity contribution in [3.63, 3.8) is 0 Å². The Hall–Kier alpha value is -1.94. The van der Waals surface area contributed by atoms with E-state index in [2.05, 4.69) is 48.5 Å². The molecule has 0 saturated heterocycles. The molecule has 0 fully saturated rings. The Bertz CT molecular complexity index is 1890. The number of aliphatic hydroxyl groups excluding tert-OH is 1.